The van der Waals surface area contributed by atoms with E-state index in [2.05, 4.69) is 15.3 Å². The smallest absolute Gasteiger partial charge is 0.242 e. The van der Waals surface area contributed by atoms with E-state index in [-0.39, 0.29) is 6.04 Å². The first-order chi connectivity index (χ1) is 10.5. The molecule has 6 heteroatoms. The van der Waals surface area contributed by atoms with Crippen LogP contribution in [0, 0.1) is 6.92 Å². The number of nitrogens with one attached hydrogen (secondary N) is 1. The molecule has 0 saturated carbocycles. The van der Waals surface area contributed by atoms with Crippen LogP contribution in [-0.2, 0) is 0 Å². The number of rotatable bonds is 6. The van der Waals surface area contributed by atoms with E-state index in [0.29, 0.717) is 29.8 Å². The molecular formula is C16H22N4O2. The molecule has 0 aliphatic heterocycles. The number of anilines is 2. The van der Waals surface area contributed by atoms with Crippen molar-refractivity contribution in [2.75, 3.05) is 24.8 Å². The fourth-order valence-corrected chi connectivity index (χ4v) is 2.09. The molecule has 1 atom stereocenters. The summed E-state index contributed by atoms with van der Waals surface area (Å²) in [6.45, 7) is 6.25. The lowest BCUT2D eigenvalue weighted by molar-refractivity contribution is 0.327. The van der Waals surface area contributed by atoms with Crippen LogP contribution in [0.1, 0.15) is 31.3 Å². The third-order valence-corrected chi connectivity index (χ3v) is 3.27. The molecule has 0 spiro atoms. The summed E-state index contributed by atoms with van der Waals surface area (Å²) in [5, 5.41) is 3.31. The molecule has 22 heavy (non-hydrogen) atoms. The Balaban J connectivity index is 2.21. The Kier molecular flexibility index (Phi) is 5.04. The van der Waals surface area contributed by atoms with Crippen molar-refractivity contribution in [3.8, 4) is 11.6 Å². The molecule has 0 bridgehead atoms. The van der Waals surface area contributed by atoms with Gasteiger partial charge in [-0.2, -0.15) is 4.98 Å². The summed E-state index contributed by atoms with van der Waals surface area (Å²) < 4.78 is 10.6. The summed E-state index contributed by atoms with van der Waals surface area (Å²) in [4.78, 5) is 8.57. The monoisotopic (exact) mass is 302 g/mol. The molecule has 6 nitrogen and oxygen atoms in total. The van der Waals surface area contributed by atoms with Gasteiger partial charge in [0.05, 0.1) is 19.8 Å². The highest BCUT2D eigenvalue weighted by Gasteiger charge is 2.14. The molecule has 0 fully saturated rings. The van der Waals surface area contributed by atoms with Crippen molar-refractivity contribution in [2.24, 2.45) is 0 Å². The van der Waals surface area contributed by atoms with Gasteiger partial charge in [-0.25, -0.2) is 4.98 Å². The predicted molar refractivity (Wildman–Crippen MR) is 87.4 cm³/mol. The summed E-state index contributed by atoms with van der Waals surface area (Å²) in [6, 6.07) is 7.90. The first kappa shape index (κ1) is 15.9. The van der Waals surface area contributed by atoms with Gasteiger partial charge < -0.3 is 20.5 Å². The topological polar surface area (TPSA) is 82.3 Å². The van der Waals surface area contributed by atoms with Gasteiger partial charge in [0.15, 0.2) is 5.82 Å². The standard InChI is InChI=1S/C16H22N4O2/c1-5-22-16-14(17)15(19-11(3)20-16)18-10(2)12-6-8-13(21-4)9-7-12/h6-10H,5,17H2,1-4H3,(H,18,19,20). The van der Waals surface area contributed by atoms with E-state index in [4.69, 9.17) is 15.2 Å². The van der Waals surface area contributed by atoms with E-state index in [1.165, 1.54) is 0 Å². The number of ether oxygens (including phenoxy) is 2. The summed E-state index contributed by atoms with van der Waals surface area (Å²) in [5.41, 5.74) is 7.61. The van der Waals surface area contributed by atoms with Gasteiger partial charge in [0.25, 0.3) is 0 Å². The predicted octanol–water partition coefficient (Wildman–Crippen LogP) is 2.95. The van der Waals surface area contributed by atoms with E-state index in [9.17, 15) is 0 Å². The van der Waals surface area contributed by atoms with Crippen LogP contribution in [0.4, 0.5) is 11.5 Å². The van der Waals surface area contributed by atoms with Crippen LogP contribution < -0.4 is 20.5 Å². The van der Waals surface area contributed by atoms with Crippen LogP contribution in [-0.4, -0.2) is 23.7 Å². The van der Waals surface area contributed by atoms with Crippen molar-refractivity contribution >= 4 is 11.5 Å². The largest absolute Gasteiger partial charge is 0.497 e. The molecule has 0 saturated heterocycles. The fourth-order valence-electron chi connectivity index (χ4n) is 2.09. The summed E-state index contributed by atoms with van der Waals surface area (Å²) >= 11 is 0. The Morgan fingerprint density at radius 3 is 2.50 bits per heavy atom. The molecule has 2 aromatic rings. The van der Waals surface area contributed by atoms with Gasteiger partial charge in [-0.15, -0.1) is 0 Å². The number of nitrogens with zero attached hydrogens (tertiary/aromatic N) is 2. The van der Waals surface area contributed by atoms with Gasteiger partial charge >= 0.3 is 0 Å². The van der Waals surface area contributed by atoms with Gasteiger partial charge in [0.2, 0.25) is 5.88 Å². The van der Waals surface area contributed by atoms with Gasteiger partial charge in [-0.05, 0) is 38.5 Å². The molecule has 0 aliphatic carbocycles. The molecule has 118 valence electrons. The lowest BCUT2D eigenvalue weighted by atomic mass is 10.1. The van der Waals surface area contributed by atoms with E-state index >= 15 is 0 Å². The zero-order chi connectivity index (χ0) is 16.1. The summed E-state index contributed by atoms with van der Waals surface area (Å²) in [6.07, 6.45) is 0. The SMILES string of the molecule is CCOc1nc(C)nc(NC(C)c2ccc(OC)cc2)c1N. The Hall–Kier alpha value is -2.50. The minimum Gasteiger partial charge on any atom is -0.497 e. The van der Waals surface area contributed by atoms with Crippen LogP contribution in [0.15, 0.2) is 24.3 Å². The van der Waals surface area contributed by atoms with Crippen molar-refractivity contribution in [1.29, 1.82) is 0 Å². The van der Waals surface area contributed by atoms with Crippen LogP contribution >= 0.6 is 0 Å². The Labute approximate surface area is 130 Å². The highest BCUT2D eigenvalue weighted by atomic mass is 16.5. The van der Waals surface area contributed by atoms with Crippen LogP contribution in [0.5, 0.6) is 11.6 Å². The van der Waals surface area contributed by atoms with Gasteiger partial charge in [-0.1, -0.05) is 12.1 Å². The zero-order valence-electron chi connectivity index (χ0n) is 13.4. The fraction of sp³-hybridized carbons (Fsp3) is 0.375. The van der Waals surface area contributed by atoms with Crippen LogP contribution in [0.3, 0.4) is 0 Å². The highest BCUT2D eigenvalue weighted by Crippen LogP contribution is 2.29. The number of methoxy groups -OCH3 is 1. The normalized spacial score (nSPS) is 11.8. The quantitative estimate of drug-likeness (QED) is 0.853. The second-order valence-electron chi connectivity index (χ2n) is 4.91. The number of hydrogen-bond donors (Lipinski definition) is 2. The third-order valence-electron chi connectivity index (χ3n) is 3.27. The molecule has 1 unspecified atom stereocenters. The van der Waals surface area contributed by atoms with Crippen LogP contribution in [0.25, 0.3) is 0 Å². The summed E-state index contributed by atoms with van der Waals surface area (Å²) in [7, 11) is 1.65. The van der Waals surface area contributed by atoms with Crippen molar-refractivity contribution in [2.45, 2.75) is 26.8 Å². The van der Waals surface area contributed by atoms with E-state index in [1.807, 2.05) is 45.0 Å². The van der Waals surface area contributed by atoms with Crippen molar-refractivity contribution < 1.29 is 9.47 Å². The Bertz CT molecular complexity index is 629. The second kappa shape index (κ2) is 6.98. The van der Waals surface area contributed by atoms with E-state index in [1.54, 1.807) is 7.11 Å². The minimum absolute atomic E-state index is 0.0389. The number of aromatic nitrogens is 2. The molecule has 0 amide bonds. The molecule has 0 aliphatic rings. The van der Waals surface area contributed by atoms with Gasteiger partial charge in [0, 0.05) is 0 Å². The Morgan fingerprint density at radius 2 is 1.91 bits per heavy atom. The number of aryl methyl sites for hydroxylation is 1. The zero-order valence-corrected chi connectivity index (χ0v) is 13.4. The van der Waals surface area contributed by atoms with Gasteiger partial charge in [-0.3, -0.25) is 0 Å². The molecule has 0 radical (unpaired) electrons. The first-order valence-electron chi connectivity index (χ1n) is 7.22. The summed E-state index contributed by atoms with van der Waals surface area (Å²) in [5.74, 6) is 2.44. The maximum atomic E-state index is 6.08. The first-order valence-corrected chi connectivity index (χ1v) is 7.22. The number of hydrogen-bond acceptors (Lipinski definition) is 6. The molecule has 1 aromatic carbocycles. The van der Waals surface area contributed by atoms with Crippen molar-refractivity contribution in [3.63, 3.8) is 0 Å². The van der Waals surface area contributed by atoms with Crippen molar-refractivity contribution in [3.05, 3.63) is 35.7 Å². The lowest BCUT2D eigenvalue weighted by Crippen LogP contribution is -2.12. The van der Waals surface area contributed by atoms with E-state index < -0.39 is 0 Å². The molecular weight excluding hydrogens is 280 g/mol. The molecule has 2 rings (SSSR count). The van der Waals surface area contributed by atoms with Crippen molar-refractivity contribution in [1.82, 2.24) is 9.97 Å². The third kappa shape index (κ3) is 3.58. The maximum Gasteiger partial charge on any atom is 0.242 e. The highest BCUT2D eigenvalue weighted by molar-refractivity contribution is 5.67. The molecule has 1 aromatic heterocycles. The maximum absolute atomic E-state index is 6.08. The number of nitrogens with two attached hydrogens (primary N) is 1. The minimum atomic E-state index is 0.0389. The molecule has 3 N–H and O–H groups in total. The van der Waals surface area contributed by atoms with Gasteiger partial charge in [0.1, 0.15) is 17.3 Å². The average molecular weight is 302 g/mol. The second-order valence-corrected chi connectivity index (χ2v) is 4.91. The number of benzene rings is 1. The van der Waals surface area contributed by atoms with Crippen LogP contribution in [0.2, 0.25) is 0 Å². The van der Waals surface area contributed by atoms with E-state index in [0.717, 1.165) is 11.3 Å². The molecule has 1 heterocycles. The number of nitrogen functional groups attached to an aromatic ring is 1. The average Bonchev–Trinajstić information content (AvgIpc) is 2.52. The Morgan fingerprint density at radius 1 is 1.23 bits per heavy atom. The lowest BCUT2D eigenvalue weighted by Gasteiger charge is -2.18.